The van der Waals surface area contributed by atoms with Gasteiger partial charge in [0.1, 0.15) is 5.58 Å². The van der Waals surface area contributed by atoms with E-state index in [4.69, 9.17) is 4.42 Å². The van der Waals surface area contributed by atoms with E-state index in [0.29, 0.717) is 22.2 Å². The Labute approximate surface area is 180 Å². The van der Waals surface area contributed by atoms with Crippen LogP contribution in [-0.4, -0.2) is 26.5 Å². The Balaban J connectivity index is 1.51. The summed E-state index contributed by atoms with van der Waals surface area (Å²) in [4.78, 5) is 24.8. The molecule has 1 aromatic heterocycles. The number of carbonyl (C=O) groups excluding carboxylic acids is 2. The number of hydrogen-bond donors (Lipinski definition) is 2. The van der Waals surface area contributed by atoms with E-state index in [1.807, 2.05) is 19.1 Å². The third-order valence-corrected chi connectivity index (χ3v) is 6.10. The van der Waals surface area contributed by atoms with Gasteiger partial charge in [0.15, 0.2) is 15.6 Å². The minimum Gasteiger partial charge on any atom is -0.451 e. The normalized spacial score (nSPS) is 14.9. The maximum Gasteiger partial charge on any atom is 0.287 e. The van der Waals surface area contributed by atoms with Gasteiger partial charge in [0.05, 0.1) is 11.8 Å². The summed E-state index contributed by atoms with van der Waals surface area (Å²) < 4.78 is 29.5. The topological polar surface area (TPSA) is 105 Å². The molecular formula is C23H24N2O5S. The first-order valence-electron chi connectivity index (χ1n) is 10.1. The number of hydrogen-bond acceptors (Lipinski definition) is 5. The molecule has 0 spiro atoms. The Hall–Kier alpha value is -3.13. The maximum atomic E-state index is 12.9. The zero-order valence-corrected chi connectivity index (χ0v) is 18.2. The standard InChI is InChI=1S/C23H24N2O5S/c1-14(15-9-11-17(12-10-15)25-22(26)16-7-8-16)24-23(27)21-19(13-31(2,28)29)18-5-3-4-6-20(18)30-21/h3-6,9-12,14,16H,7-8,13H2,1-2H3,(H,24,27)(H,25,26). The van der Waals surface area contributed by atoms with E-state index in [1.165, 1.54) is 0 Å². The lowest BCUT2D eigenvalue weighted by molar-refractivity contribution is -0.117. The van der Waals surface area contributed by atoms with Crippen LogP contribution in [0.3, 0.4) is 0 Å². The molecule has 1 aliphatic carbocycles. The molecule has 3 aromatic rings. The number of rotatable bonds is 7. The quantitative estimate of drug-likeness (QED) is 0.581. The Morgan fingerprint density at radius 2 is 1.77 bits per heavy atom. The van der Waals surface area contributed by atoms with E-state index in [1.54, 1.807) is 36.4 Å². The Morgan fingerprint density at radius 3 is 2.42 bits per heavy atom. The number of benzene rings is 2. The minimum atomic E-state index is -3.37. The second-order valence-electron chi connectivity index (χ2n) is 8.06. The van der Waals surface area contributed by atoms with Gasteiger partial charge in [-0.05, 0) is 43.5 Å². The van der Waals surface area contributed by atoms with Gasteiger partial charge in [-0.25, -0.2) is 8.42 Å². The lowest BCUT2D eigenvalue weighted by atomic mass is 10.1. The van der Waals surface area contributed by atoms with Crippen molar-refractivity contribution in [1.29, 1.82) is 0 Å². The van der Waals surface area contributed by atoms with Crippen LogP contribution >= 0.6 is 0 Å². The van der Waals surface area contributed by atoms with Crippen molar-refractivity contribution in [2.45, 2.75) is 31.6 Å². The van der Waals surface area contributed by atoms with Gasteiger partial charge in [0.25, 0.3) is 5.91 Å². The zero-order chi connectivity index (χ0) is 22.2. The molecule has 1 fully saturated rings. The molecule has 1 atom stereocenters. The predicted octanol–water partition coefficient (Wildman–Crippen LogP) is 3.82. The molecule has 4 rings (SSSR count). The van der Waals surface area contributed by atoms with Crippen molar-refractivity contribution >= 4 is 38.3 Å². The molecule has 31 heavy (non-hydrogen) atoms. The summed E-state index contributed by atoms with van der Waals surface area (Å²) >= 11 is 0. The van der Waals surface area contributed by atoms with E-state index in [-0.39, 0.29) is 29.4 Å². The summed E-state index contributed by atoms with van der Waals surface area (Å²) in [6, 6.07) is 13.9. The van der Waals surface area contributed by atoms with Gasteiger partial charge >= 0.3 is 0 Å². The lowest BCUT2D eigenvalue weighted by Gasteiger charge is -2.15. The molecule has 1 aliphatic rings. The molecule has 162 valence electrons. The van der Waals surface area contributed by atoms with Crippen molar-refractivity contribution < 1.29 is 22.4 Å². The average molecular weight is 441 g/mol. The van der Waals surface area contributed by atoms with Crippen molar-refractivity contribution in [2.75, 3.05) is 11.6 Å². The van der Waals surface area contributed by atoms with Crippen molar-refractivity contribution in [2.24, 2.45) is 5.92 Å². The molecule has 1 unspecified atom stereocenters. The number of para-hydroxylation sites is 1. The van der Waals surface area contributed by atoms with Crippen molar-refractivity contribution in [3.05, 3.63) is 65.4 Å². The third kappa shape index (κ3) is 4.96. The van der Waals surface area contributed by atoms with Gasteiger partial charge in [-0.2, -0.15) is 0 Å². The molecule has 0 bridgehead atoms. The van der Waals surface area contributed by atoms with Gasteiger partial charge in [-0.1, -0.05) is 30.3 Å². The van der Waals surface area contributed by atoms with Crippen molar-refractivity contribution in [3.8, 4) is 0 Å². The highest BCUT2D eigenvalue weighted by Gasteiger charge is 2.29. The average Bonchev–Trinajstić information content (AvgIpc) is 3.51. The molecule has 0 saturated heterocycles. The third-order valence-electron chi connectivity index (χ3n) is 5.29. The number of amides is 2. The fourth-order valence-corrected chi connectivity index (χ4v) is 4.29. The Bertz CT molecular complexity index is 1240. The van der Waals surface area contributed by atoms with E-state index in [2.05, 4.69) is 10.6 Å². The monoisotopic (exact) mass is 440 g/mol. The van der Waals surface area contributed by atoms with Crippen LogP contribution in [0.15, 0.2) is 52.9 Å². The van der Waals surface area contributed by atoms with E-state index in [9.17, 15) is 18.0 Å². The van der Waals surface area contributed by atoms with Gasteiger partial charge < -0.3 is 15.1 Å². The van der Waals surface area contributed by atoms with Crippen LogP contribution in [0.25, 0.3) is 11.0 Å². The van der Waals surface area contributed by atoms with Crippen LogP contribution < -0.4 is 10.6 Å². The molecule has 1 saturated carbocycles. The number of fused-ring (bicyclic) bond motifs is 1. The lowest BCUT2D eigenvalue weighted by Crippen LogP contribution is -2.27. The van der Waals surface area contributed by atoms with Crippen LogP contribution in [0, 0.1) is 5.92 Å². The molecule has 2 amide bonds. The van der Waals surface area contributed by atoms with Gasteiger partial charge in [0, 0.05) is 28.8 Å². The summed E-state index contributed by atoms with van der Waals surface area (Å²) in [7, 11) is -3.37. The largest absolute Gasteiger partial charge is 0.451 e. The summed E-state index contributed by atoms with van der Waals surface area (Å²) in [5, 5.41) is 6.37. The highest BCUT2D eigenvalue weighted by atomic mass is 32.2. The highest BCUT2D eigenvalue weighted by molar-refractivity contribution is 7.89. The summed E-state index contributed by atoms with van der Waals surface area (Å²) in [5.74, 6) is -0.586. The molecule has 2 N–H and O–H groups in total. The van der Waals surface area contributed by atoms with Crippen molar-refractivity contribution in [1.82, 2.24) is 5.32 Å². The maximum absolute atomic E-state index is 12.9. The summed E-state index contributed by atoms with van der Waals surface area (Å²) in [6.07, 6.45) is 3.01. The Morgan fingerprint density at radius 1 is 1.10 bits per heavy atom. The molecule has 7 nitrogen and oxygen atoms in total. The zero-order valence-electron chi connectivity index (χ0n) is 17.3. The van der Waals surface area contributed by atoms with E-state index in [0.717, 1.165) is 24.7 Å². The van der Waals surface area contributed by atoms with Gasteiger partial charge in [-0.3, -0.25) is 9.59 Å². The van der Waals surface area contributed by atoms with Gasteiger partial charge in [0.2, 0.25) is 5.91 Å². The number of sulfone groups is 1. The SMILES string of the molecule is CC(NC(=O)c1oc2ccccc2c1CS(C)(=O)=O)c1ccc(NC(=O)C2CC2)cc1. The number of anilines is 1. The summed E-state index contributed by atoms with van der Waals surface area (Å²) in [5.41, 5.74) is 2.39. The van der Waals surface area contributed by atoms with Crippen LogP contribution in [0.5, 0.6) is 0 Å². The fourth-order valence-electron chi connectivity index (χ4n) is 3.48. The summed E-state index contributed by atoms with van der Waals surface area (Å²) in [6.45, 7) is 1.83. The van der Waals surface area contributed by atoms with E-state index >= 15 is 0 Å². The smallest absolute Gasteiger partial charge is 0.287 e. The fraction of sp³-hybridized carbons (Fsp3) is 0.304. The highest BCUT2D eigenvalue weighted by Crippen LogP contribution is 2.31. The second-order valence-corrected chi connectivity index (χ2v) is 10.2. The minimum absolute atomic E-state index is 0.00629. The molecule has 1 heterocycles. The first kappa shape index (κ1) is 21.1. The van der Waals surface area contributed by atoms with E-state index < -0.39 is 15.7 Å². The number of nitrogens with one attached hydrogen (secondary N) is 2. The van der Waals surface area contributed by atoms with Gasteiger partial charge in [-0.15, -0.1) is 0 Å². The predicted molar refractivity (Wildman–Crippen MR) is 118 cm³/mol. The Kier molecular flexibility index (Phi) is 5.58. The number of furan rings is 1. The molecule has 8 heteroatoms. The first-order chi connectivity index (χ1) is 14.7. The molecule has 2 aromatic carbocycles. The van der Waals surface area contributed by atoms with Crippen LogP contribution in [0.2, 0.25) is 0 Å². The molecule has 0 radical (unpaired) electrons. The number of carbonyl (C=O) groups is 2. The van der Waals surface area contributed by atoms with Crippen LogP contribution in [0.4, 0.5) is 5.69 Å². The molecular weight excluding hydrogens is 416 g/mol. The van der Waals surface area contributed by atoms with Crippen LogP contribution in [0.1, 0.15) is 47.5 Å². The molecule has 0 aliphatic heterocycles. The van der Waals surface area contributed by atoms with Crippen molar-refractivity contribution in [3.63, 3.8) is 0 Å². The van der Waals surface area contributed by atoms with Crippen LogP contribution in [-0.2, 0) is 20.4 Å². The first-order valence-corrected chi connectivity index (χ1v) is 12.2. The second kappa shape index (κ2) is 8.19.